The maximum absolute atomic E-state index is 15.0. The summed E-state index contributed by atoms with van der Waals surface area (Å²) in [5, 5.41) is 23.7. The predicted octanol–water partition coefficient (Wildman–Crippen LogP) is -15.3. The van der Waals surface area contributed by atoms with Gasteiger partial charge in [-0.05, 0) is 128 Å². The van der Waals surface area contributed by atoms with Gasteiger partial charge in [0, 0.05) is 65.4 Å². The Morgan fingerprint density at radius 1 is 0.180 bits per heavy atom. The molecular formula is C60H123N41O10. The zero-order chi connectivity index (χ0) is 84.0. The molecule has 51 heteroatoms. The number of amides is 10. The van der Waals surface area contributed by atoms with Crippen LogP contribution in [0.3, 0.4) is 0 Å². The third-order valence-electron chi connectivity index (χ3n) is 15.5. The molecule has 51 nitrogen and oxygen atoms in total. The van der Waals surface area contributed by atoms with E-state index in [2.05, 4.69) is 97.8 Å². The highest BCUT2D eigenvalue weighted by Crippen LogP contribution is 2.13. The number of aliphatic imine (C=N–C) groups is 10. The van der Waals surface area contributed by atoms with E-state index in [1.165, 1.54) is 0 Å². The summed E-state index contributed by atoms with van der Waals surface area (Å²) < 4.78 is 0. The highest BCUT2D eigenvalue weighted by molar-refractivity contribution is 5.99. The monoisotopic (exact) mass is 1580 g/mol. The lowest BCUT2D eigenvalue weighted by Gasteiger charge is -2.28. The molecule has 0 aliphatic rings. The molecule has 0 rings (SSSR count). The molecule has 0 aromatic carbocycles. The van der Waals surface area contributed by atoms with E-state index in [-0.39, 0.29) is 247 Å². The van der Waals surface area contributed by atoms with E-state index in [0.29, 0.717) is 6.42 Å². The number of nitrogens with zero attached hydrogens (tertiary/aromatic N) is 10. The zero-order valence-electron chi connectivity index (χ0n) is 62.7. The Kier molecular flexibility index (Phi) is 50.2. The van der Waals surface area contributed by atoms with Crippen LogP contribution in [0.25, 0.3) is 0 Å². The molecule has 0 radical (unpaired) electrons. The van der Waals surface area contributed by atoms with Crippen molar-refractivity contribution in [3.8, 4) is 0 Å². The topological polar surface area (TPSA) is 975 Å². The molecule has 10 amide bonds. The van der Waals surface area contributed by atoms with Crippen LogP contribution in [0, 0.1) is 0 Å². The Balaban J connectivity index is 7.99. The fourth-order valence-electron chi connectivity index (χ4n) is 10.1. The summed E-state index contributed by atoms with van der Waals surface area (Å²) in [7, 11) is 0. The second kappa shape index (κ2) is 56.6. The number of carbonyl (C=O) groups excluding carboxylic acids is 10. The Morgan fingerprint density at radius 3 is 0.432 bits per heavy atom. The summed E-state index contributed by atoms with van der Waals surface area (Å²) in [6, 6.07) is -14.6. The Labute approximate surface area is 642 Å². The maximum atomic E-state index is 15.0. The molecule has 0 aromatic rings. The van der Waals surface area contributed by atoms with Crippen LogP contribution in [0.15, 0.2) is 49.9 Å². The van der Waals surface area contributed by atoms with Crippen LogP contribution in [0.1, 0.15) is 128 Å². The quantitative estimate of drug-likeness (QED) is 0.0153. The first-order chi connectivity index (χ1) is 52.3. The van der Waals surface area contributed by atoms with Crippen LogP contribution in [0.5, 0.6) is 0 Å². The standard InChI is InChI=1S/C60H123N41O10/c61-31(11-1-21-83-51(63)64)42(103)94-33(13-3-23-85-53(67)68)44(105)96-35(15-5-25-87-55(71)72)46(107)98-37(17-7-27-89-57(75)76)48(109)100-39(19-9-29-91-59(79)80)50(111)101-40(20-10-30-92-60(81)82)49(110)99-38(18-8-28-90-58(77)78)47(108)97-36(16-6-26-88-56(73)74)45(106)95-34(14-4-24-86-54(69)70)43(104)93-32(41(62)102)12-2-22-84-52(65)66/h31-40H,1-30,61H2,(H2,62,102)(H,93,104)(H,94,103)(H,95,106)(H,96,105)(H,97,108)(H,98,107)(H,99,110)(H,100,109)(H,101,111)(H4,63,64,83)(H4,65,66,84)(H4,67,68,85)(H4,69,70,86)(H4,71,72,87)(H4,73,74,88)(H4,75,76,89)(H4,77,78,90)(H4,79,80,91)(H4,81,82,92)/t31-,32-,33-,34-,35-,36-,37-,38-,39-,40-/m0/s1. The fourth-order valence-corrected chi connectivity index (χ4v) is 10.1. The first-order valence-electron chi connectivity index (χ1n) is 35.7. The van der Waals surface area contributed by atoms with Crippen molar-refractivity contribution in [1.29, 1.82) is 0 Å². The summed E-state index contributed by atoms with van der Waals surface area (Å²) in [6.07, 6.45) is -0.670. The molecule has 0 aliphatic carbocycles. The molecule has 0 saturated carbocycles. The van der Waals surface area contributed by atoms with Crippen LogP contribution in [-0.2, 0) is 47.9 Å². The largest absolute Gasteiger partial charge is 0.370 e. The average Bonchev–Trinajstić information content (AvgIpc) is 0.856. The van der Waals surface area contributed by atoms with E-state index in [1.807, 2.05) is 0 Å². The Bertz CT molecular complexity index is 3230. The molecule has 53 N–H and O–H groups in total. The molecule has 628 valence electrons. The minimum absolute atomic E-state index is 0.00292. The van der Waals surface area contributed by atoms with Crippen molar-refractivity contribution in [3.05, 3.63) is 0 Å². The minimum Gasteiger partial charge on any atom is -0.370 e. The molecule has 10 atom stereocenters. The second-order valence-electron chi connectivity index (χ2n) is 25.0. The molecule has 0 aliphatic heterocycles. The van der Waals surface area contributed by atoms with Crippen LogP contribution < -0.4 is 174 Å². The molecule has 0 spiro atoms. The number of nitrogens with one attached hydrogen (secondary N) is 9. The second-order valence-corrected chi connectivity index (χ2v) is 25.0. The van der Waals surface area contributed by atoms with Crippen LogP contribution in [0.4, 0.5) is 0 Å². The smallest absolute Gasteiger partial charge is 0.243 e. The molecule has 0 saturated heterocycles. The van der Waals surface area contributed by atoms with Gasteiger partial charge in [-0.25, -0.2) is 0 Å². The Hall–Kier alpha value is -12.6. The van der Waals surface area contributed by atoms with Crippen molar-refractivity contribution in [1.82, 2.24) is 47.9 Å². The summed E-state index contributed by atoms with van der Waals surface area (Å²) in [4.78, 5) is 183. The van der Waals surface area contributed by atoms with Gasteiger partial charge in [0.25, 0.3) is 0 Å². The SMILES string of the molecule is NC(=O)[C@H](CCCN=C(N)N)NC(=O)[C@H](CCCN=C(N)N)NC(=O)[C@H](CCCN=C(N)N)NC(=O)[C@H](CCCN=C(N)N)NC(=O)[C@H](CCCN=C(N)N)NC(=O)[C@H](CCCN=C(N)N)NC(=O)[C@H](CCCN=C(N)N)NC(=O)[C@H](CCCN=C(N)N)NC(=O)[C@H](CCCN=C(N)N)NC(=O)[C@@H](N)CCCN=C(N)N. The zero-order valence-corrected chi connectivity index (χ0v) is 62.7. The number of hydrogen-bond acceptors (Lipinski definition) is 21. The van der Waals surface area contributed by atoms with E-state index < -0.39 is 119 Å². The molecular weight excluding hydrogens is 1450 g/mol. The van der Waals surface area contributed by atoms with Crippen molar-refractivity contribution in [2.45, 2.75) is 189 Å². The molecule has 111 heavy (non-hydrogen) atoms. The average molecular weight is 1580 g/mol. The molecule has 0 heterocycles. The first-order valence-corrected chi connectivity index (χ1v) is 35.7. The van der Waals surface area contributed by atoms with E-state index >= 15 is 0 Å². The Morgan fingerprint density at radius 2 is 0.297 bits per heavy atom. The van der Waals surface area contributed by atoms with Crippen LogP contribution in [-0.4, -0.2) is 245 Å². The summed E-state index contributed by atoms with van der Waals surface area (Å²) >= 11 is 0. The van der Waals surface area contributed by atoms with Gasteiger partial charge in [-0.2, -0.15) is 0 Å². The van der Waals surface area contributed by atoms with E-state index in [9.17, 15) is 47.9 Å². The third-order valence-corrected chi connectivity index (χ3v) is 15.5. The first kappa shape index (κ1) is 98.4. The summed E-state index contributed by atoms with van der Waals surface area (Å²) in [5.74, 6) is -12.0. The number of hydrogen-bond donors (Lipinski definition) is 31. The maximum Gasteiger partial charge on any atom is 0.243 e. The molecule has 0 aromatic heterocycles. The van der Waals surface area contributed by atoms with Crippen molar-refractivity contribution >= 4 is 119 Å². The van der Waals surface area contributed by atoms with Crippen molar-refractivity contribution in [3.63, 3.8) is 0 Å². The molecule has 0 bridgehead atoms. The lowest BCUT2D eigenvalue weighted by atomic mass is 10.0. The van der Waals surface area contributed by atoms with Crippen molar-refractivity contribution < 1.29 is 47.9 Å². The highest BCUT2D eigenvalue weighted by atomic mass is 16.2. The van der Waals surface area contributed by atoms with Gasteiger partial charge < -0.3 is 174 Å². The highest BCUT2D eigenvalue weighted by Gasteiger charge is 2.36. The molecule has 0 unspecified atom stereocenters. The van der Waals surface area contributed by atoms with E-state index in [4.69, 9.17) is 126 Å². The minimum atomic E-state index is -1.60. The van der Waals surface area contributed by atoms with Gasteiger partial charge in [-0.15, -0.1) is 0 Å². The van der Waals surface area contributed by atoms with Crippen LogP contribution >= 0.6 is 0 Å². The van der Waals surface area contributed by atoms with Gasteiger partial charge in [0.15, 0.2) is 59.6 Å². The third kappa shape index (κ3) is 49.8. The van der Waals surface area contributed by atoms with Gasteiger partial charge in [0.1, 0.15) is 54.4 Å². The number of guanidine groups is 10. The lowest BCUT2D eigenvalue weighted by molar-refractivity contribution is -0.136. The van der Waals surface area contributed by atoms with Crippen molar-refractivity contribution in [2.75, 3.05) is 65.4 Å². The summed E-state index contributed by atoms with van der Waals surface area (Å²) in [5.41, 5.74) is 123. The fraction of sp³-hybridized carbons (Fsp3) is 0.667. The number of carbonyl (C=O) groups is 10. The predicted molar refractivity (Wildman–Crippen MR) is 424 cm³/mol. The van der Waals surface area contributed by atoms with E-state index in [0.717, 1.165) is 0 Å². The van der Waals surface area contributed by atoms with Gasteiger partial charge in [-0.1, -0.05) is 0 Å². The molecule has 0 fully saturated rings. The van der Waals surface area contributed by atoms with E-state index in [1.54, 1.807) is 0 Å². The van der Waals surface area contributed by atoms with Crippen molar-refractivity contribution in [2.24, 2.45) is 176 Å². The summed E-state index contributed by atoms with van der Waals surface area (Å²) in [6.45, 7) is -0.214. The van der Waals surface area contributed by atoms with Gasteiger partial charge in [-0.3, -0.25) is 97.9 Å². The van der Waals surface area contributed by atoms with Crippen LogP contribution in [0.2, 0.25) is 0 Å². The van der Waals surface area contributed by atoms with Gasteiger partial charge in [0.05, 0.1) is 6.04 Å². The number of rotatable bonds is 59. The van der Waals surface area contributed by atoms with Gasteiger partial charge in [0.2, 0.25) is 59.1 Å². The number of primary amides is 1. The number of nitrogens with two attached hydrogens (primary N) is 22. The lowest BCUT2D eigenvalue weighted by Crippen LogP contribution is -2.60. The normalized spacial score (nSPS) is 13.3. The van der Waals surface area contributed by atoms with Gasteiger partial charge >= 0.3 is 0 Å².